The minimum atomic E-state index is -0.0553. The molecule has 1 aromatic heterocycles. The Morgan fingerprint density at radius 3 is 2.79 bits per heavy atom. The zero-order chi connectivity index (χ0) is 13.7. The largest absolute Gasteiger partial charge is 0.370 e. The van der Waals surface area contributed by atoms with Gasteiger partial charge in [0.15, 0.2) is 0 Å². The van der Waals surface area contributed by atoms with Crippen LogP contribution < -0.4 is 15.8 Å². The lowest BCUT2D eigenvalue weighted by molar-refractivity contribution is 0.569. The van der Waals surface area contributed by atoms with Gasteiger partial charge in [0, 0.05) is 25.7 Å². The maximum absolute atomic E-state index is 12.0. The summed E-state index contributed by atoms with van der Waals surface area (Å²) in [6.07, 6.45) is 5.47. The molecule has 1 aliphatic rings. The number of aromatic nitrogens is 2. The molecule has 1 N–H and O–H groups in total. The molecule has 1 aliphatic heterocycles. The van der Waals surface area contributed by atoms with E-state index in [-0.39, 0.29) is 5.56 Å². The van der Waals surface area contributed by atoms with Crippen LogP contribution in [0.3, 0.4) is 0 Å². The lowest BCUT2D eigenvalue weighted by Gasteiger charge is -2.28. The first-order valence-electron chi connectivity index (χ1n) is 6.84. The molecule has 0 aliphatic carbocycles. The predicted octanol–water partition coefficient (Wildman–Crippen LogP) is 1.01. The zero-order valence-electron chi connectivity index (χ0n) is 11.6. The molecule has 1 fully saturated rings. The van der Waals surface area contributed by atoms with Crippen LogP contribution in [-0.4, -0.2) is 36.5 Å². The van der Waals surface area contributed by atoms with Crippen molar-refractivity contribution in [2.45, 2.75) is 25.8 Å². The molecule has 0 radical (unpaired) electrons. The summed E-state index contributed by atoms with van der Waals surface area (Å²) in [6.45, 7) is 7.14. The van der Waals surface area contributed by atoms with Crippen molar-refractivity contribution in [2.75, 3.05) is 31.6 Å². The van der Waals surface area contributed by atoms with Gasteiger partial charge in [0.2, 0.25) is 0 Å². The molecule has 0 bridgehead atoms. The third-order valence-corrected chi connectivity index (χ3v) is 3.38. The summed E-state index contributed by atoms with van der Waals surface area (Å²) in [5.74, 6) is 0. The number of piperidine rings is 1. The fourth-order valence-corrected chi connectivity index (χ4v) is 2.39. The molecule has 2 rings (SSSR count). The van der Waals surface area contributed by atoms with Crippen molar-refractivity contribution in [1.29, 1.82) is 0 Å². The van der Waals surface area contributed by atoms with E-state index in [1.165, 1.54) is 23.9 Å². The maximum Gasteiger partial charge on any atom is 0.269 e. The van der Waals surface area contributed by atoms with Crippen molar-refractivity contribution in [3.05, 3.63) is 34.8 Å². The first-order chi connectivity index (χ1) is 9.20. The van der Waals surface area contributed by atoms with Crippen LogP contribution in [0, 0.1) is 0 Å². The third kappa shape index (κ3) is 3.67. The van der Waals surface area contributed by atoms with Gasteiger partial charge in [-0.15, -0.1) is 0 Å². The number of anilines is 1. The molecule has 2 heterocycles. The van der Waals surface area contributed by atoms with Gasteiger partial charge in [-0.1, -0.05) is 6.58 Å². The normalized spacial score (nSPS) is 15.5. The quantitative estimate of drug-likeness (QED) is 0.805. The molecule has 1 saturated heterocycles. The van der Waals surface area contributed by atoms with E-state index in [0.29, 0.717) is 13.1 Å². The summed E-state index contributed by atoms with van der Waals surface area (Å²) >= 11 is 0. The van der Waals surface area contributed by atoms with Gasteiger partial charge in [-0.2, -0.15) is 5.10 Å². The Labute approximate surface area is 113 Å². The van der Waals surface area contributed by atoms with Crippen LogP contribution in [0.2, 0.25) is 0 Å². The number of rotatable bonds is 5. The molecule has 0 unspecified atom stereocenters. The number of hydrogen-bond acceptors (Lipinski definition) is 4. The van der Waals surface area contributed by atoms with Crippen molar-refractivity contribution in [3.63, 3.8) is 0 Å². The summed E-state index contributed by atoms with van der Waals surface area (Å²) in [6, 6.07) is 1.69. The Morgan fingerprint density at radius 1 is 1.42 bits per heavy atom. The highest BCUT2D eigenvalue weighted by Gasteiger charge is 2.12. The molecule has 0 amide bonds. The van der Waals surface area contributed by atoms with Crippen LogP contribution in [0.25, 0.3) is 0 Å². The zero-order valence-corrected chi connectivity index (χ0v) is 11.6. The highest BCUT2D eigenvalue weighted by molar-refractivity contribution is 5.43. The van der Waals surface area contributed by atoms with E-state index in [0.717, 1.165) is 24.4 Å². The minimum absolute atomic E-state index is 0.0553. The van der Waals surface area contributed by atoms with Gasteiger partial charge in [0.1, 0.15) is 0 Å². The average Bonchev–Trinajstić information content (AvgIpc) is 2.42. The first-order valence-corrected chi connectivity index (χ1v) is 6.84. The van der Waals surface area contributed by atoms with Crippen LogP contribution in [0.5, 0.6) is 0 Å². The maximum atomic E-state index is 12.0. The summed E-state index contributed by atoms with van der Waals surface area (Å²) in [5.41, 5.74) is 1.84. The SMILES string of the molecule is C=C(CNC)Cn1ncc(N2CCCCC2)cc1=O. The van der Waals surface area contributed by atoms with Gasteiger partial charge in [-0.25, -0.2) is 4.68 Å². The van der Waals surface area contributed by atoms with Crippen LogP contribution in [0.15, 0.2) is 29.2 Å². The summed E-state index contributed by atoms with van der Waals surface area (Å²) in [4.78, 5) is 14.3. The number of hydrogen-bond donors (Lipinski definition) is 1. The van der Waals surface area contributed by atoms with Crippen LogP contribution >= 0.6 is 0 Å². The van der Waals surface area contributed by atoms with Gasteiger partial charge in [0.25, 0.3) is 5.56 Å². The molecule has 0 aromatic carbocycles. The fourth-order valence-electron chi connectivity index (χ4n) is 2.39. The first kappa shape index (κ1) is 13.8. The summed E-state index contributed by atoms with van der Waals surface area (Å²) in [7, 11) is 1.86. The molecule has 5 heteroatoms. The molecule has 104 valence electrons. The van der Waals surface area contributed by atoms with Crippen molar-refractivity contribution in [2.24, 2.45) is 0 Å². The molecule has 5 nitrogen and oxygen atoms in total. The number of nitrogens with zero attached hydrogens (tertiary/aromatic N) is 3. The predicted molar refractivity (Wildman–Crippen MR) is 77.6 cm³/mol. The average molecular weight is 262 g/mol. The van der Waals surface area contributed by atoms with Gasteiger partial charge in [-0.3, -0.25) is 4.79 Å². The summed E-state index contributed by atoms with van der Waals surface area (Å²) in [5, 5.41) is 7.27. The highest BCUT2D eigenvalue weighted by atomic mass is 16.1. The second kappa shape index (κ2) is 6.52. The molecular weight excluding hydrogens is 240 g/mol. The van der Waals surface area contributed by atoms with E-state index in [1.807, 2.05) is 7.05 Å². The standard InChI is InChI=1S/C14H22N4O/c1-12(9-15-2)11-18-14(19)8-13(10-16-18)17-6-4-3-5-7-17/h8,10,15H,1,3-7,9,11H2,2H3. The van der Waals surface area contributed by atoms with Gasteiger partial charge >= 0.3 is 0 Å². The molecule has 0 spiro atoms. The smallest absolute Gasteiger partial charge is 0.269 e. The second-order valence-corrected chi connectivity index (χ2v) is 5.04. The van der Waals surface area contributed by atoms with Crippen LogP contribution in [0.4, 0.5) is 5.69 Å². The summed E-state index contributed by atoms with van der Waals surface area (Å²) < 4.78 is 1.47. The lowest BCUT2D eigenvalue weighted by atomic mass is 10.1. The Kier molecular flexibility index (Phi) is 4.74. The number of likely N-dealkylation sites (N-methyl/N-ethyl adjacent to an activating group) is 1. The molecule has 0 atom stereocenters. The minimum Gasteiger partial charge on any atom is -0.370 e. The Morgan fingerprint density at radius 2 is 2.16 bits per heavy atom. The molecular formula is C14H22N4O. The number of nitrogens with one attached hydrogen (secondary N) is 1. The van der Waals surface area contributed by atoms with Gasteiger partial charge in [-0.05, 0) is 31.9 Å². The van der Waals surface area contributed by atoms with Crippen LogP contribution in [0.1, 0.15) is 19.3 Å². The fraction of sp³-hybridized carbons (Fsp3) is 0.571. The third-order valence-electron chi connectivity index (χ3n) is 3.38. The Balaban J connectivity index is 2.08. The van der Waals surface area contributed by atoms with Gasteiger partial charge in [0.05, 0.1) is 18.4 Å². The van der Waals surface area contributed by atoms with Crippen LogP contribution in [-0.2, 0) is 6.54 Å². The van der Waals surface area contributed by atoms with E-state index in [9.17, 15) is 4.79 Å². The topological polar surface area (TPSA) is 50.2 Å². The monoisotopic (exact) mass is 262 g/mol. The van der Waals surface area contributed by atoms with Crippen molar-refractivity contribution < 1.29 is 0 Å². The Bertz CT molecular complexity index is 488. The van der Waals surface area contributed by atoms with Gasteiger partial charge < -0.3 is 10.2 Å². The van der Waals surface area contributed by atoms with E-state index < -0.39 is 0 Å². The van der Waals surface area contributed by atoms with E-state index in [2.05, 4.69) is 21.9 Å². The molecule has 19 heavy (non-hydrogen) atoms. The van der Waals surface area contributed by atoms with Crippen molar-refractivity contribution >= 4 is 5.69 Å². The van der Waals surface area contributed by atoms with E-state index in [4.69, 9.17) is 0 Å². The highest BCUT2D eigenvalue weighted by Crippen LogP contribution is 2.16. The van der Waals surface area contributed by atoms with Crippen molar-refractivity contribution in [1.82, 2.24) is 15.1 Å². The van der Waals surface area contributed by atoms with Crippen molar-refractivity contribution in [3.8, 4) is 0 Å². The lowest BCUT2D eigenvalue weighted by Crippen LogP contribution is -2.32. The molecule has 1 aromatic rings. The Hall–Kier alpha value is -1.62. The molecule has 0 saturated carbocycles. The second-order valence-electron chi connectivity index (χ2n) is 5.04. The van der Waals surface area contributed by atoms with E-state index in [1.54, 1.807) is 12.3 Å². The van der Waals surface area contributed by atoms with E-state index >= 15 is 0 Å².